The van der Waals surface area contributed by atoms with Gasteiger partial charge in [0.25, 0.3) is 0 Å². The molecule has 3 rings (SSSR count). The summed E-state index contributed by atoms with van der Waals surface area (Å²) >= 11 is 1.56. The number of thiazole rings is 1. The van der Waals surface area contributed by atoms with E-state index in [0.717, 1.165) is 42.4 Å². The summed E-state index contributed by atoms with van der Waals surface area (Å²) in [7, 11) is 1.68. The van der Waals surface area contributed by atoms with Crippen molar-refractivity contribution in [3.63, 3.8) is 0 Å². The molecule has 0 bridgehead atoms. The van der Waals surface area contributed by atoms with Gasteiger partial charge in [-0.3, -0.25) is 9.20 Å². The second-order valence-corrected chi connectivity index (χ2v) is 5.84. The van der Waals surface area contributed by atoms with Gasteiger partial charge in [-0.1, -0.05) is 0 Å². The summed E-state index contributed by atoms with van der Waals surface area (Å²) in [6.07, 6.45) is 3.59. The molecular formula is C13H18N4O2S. The highest BCUT2D eigenvalue weighted by atomic mass is 32.1. The van der Waals surface area contributed by atoms with Gasteiger partial charge in [0.05, 0.1) is 12.3 Å². The zero-order chi connectivity index (χ0) is 14.1. The number of hydrogen-bond donors (Lipinski definition) is 2. The molecule has 1 fully saturated rings. The lowest BCUT2D eigenvalue weighted by Gasteiger charge is -2.31. The molecule has 3 heterocycles. The Morgan fingerprint density at radius 2 is 2.30 bits per heavy atom. The van der Waals surface area contributed by atoms with Crippen LogP contribution in [0, 0.1) is 5.92 Å². The normalized spacial score (nSPS) is 16.8. The fourth-order valence-corrected chi connectivity index (χ4v) is 3.51. The SMILES string of the molecule is CNC(=O)C1CCN(c2nc3sccn3c2CO)CC1. The third kappa shape index (κ3) is 2.16. The van der Waals surface area contributed by atoms with Crippen LogP contribution in [0.5, 0.6) is 0 Å². The standard InChI is InChI=1S/C13H18N4O2S/c1-14-12(19)9-2-4-16(5-3-9)11-10(8-18)17-6-7-20-13(17)15-11/h6-7,9,18H,2-5,8H2,1H3,(H,14,19). The van der Waals surface area contributed by atoms with Crippen molar-refractivity contribution < 1.29 is 9.90 Å². The Kier molecular flexibility index (Phi) is 3.62. The average Bonchev–Trinajstić information content (AvgIpc) is 3.06. The van der Waals surface area contributed by atoms with Gasteiger partial charge in [-0.05, 0) is 12.8 Å². The smallest absolute Gasteiger partial charge is 0.222 e. The molecule has 20 heavy (non-hydrogen) atoms. The van der Waals surface area contributed by atoms with Crippen LogP contribution in [0.4, 0.5) is 5.82 Å². The van der Waals surface area contributed by atoms with E-state index in [9.17, 15) is 9.90 Å². The van der Waals surface area contributed by atoms with Crippen LogP contribution >= 0.6 is 11.3 Å². The number of carbonyl (C=O) groups excluding carboxylic acids is 1. The molecule has 1 aliphatic heterocycles. The summed E-state index contributed by atoms with van der Waals surface area (Å²) in [4.78, 5) is 19.3. The molecule has 2 aromatic heterocycles. The summed E-state index contributed by atoms with van der Waals surface area (Å²) in [6.45, 7) is 1.58. The van der Waals surface area contributed by atoms with Crippen LogP contribution in [0.25, 0.3) is 4.96 Å². The first-order valence-corrected chi connectivity index (χ1v) is 7.64. The van der Waals surface area contributed by atoms with Crippen LogP contribution in [-0.4, -0.2) is 40.5 Å². The molecule has 1 aliphatic rings. The number of rotatable bonds is 3. The van der Waals surface area contributed by atoms with Crippen molar-refractivity contribution in [3.05, 3.63) is 17.3 Å². The minimum Gasteiger partial charge on any atom is -0.390 e. The van der Waals surface area contributed by atoms with Gasteiger partial charge in [-0.15, -0.1) is 11.3 Å². The molecule has 0 atom stereocenters. The van der Waals surface area contributed by atoms with Crippen LogP contribution in [0.15, 0.2) is 11.6 Å². The van der Waals surface area contributed by atoms with Gasteiger partial charge in [0, 0.05) is 37.6 Å². The molecule has 1 saturated heterocycles. The lowest BCUT2D eigenvalue weighted by atomic mass is 9.96. The lowest BCUT2D eigenvalue weighted by Crippen LogP contribution is -2.40. The minimum absolute atomic E-state index is 0.0252. The number of piperidine rings is 1. The molecule has 0 aliphatic carbocycles. The average molecular weight is 294 g/mol. The Hall–Kier alpha value is -1.60. The second kappa shape index (κ2) is 5.41. The van der Waals surface area contributed by atoms with E-state index in [4.69, 9.17) is 0 Å². The number of carbonyl (C=O) groups is 1. The molecule has 7 heteroatoms. The van der Waals surface area contributed by atoms with Crippen molar-refractivity contribution in [2.24, 2.45) is 5.92 Å². The van der Waals surface area contributed by atoms with E-state index in [-0.39, 0.29) is 18.4 Å². The lowest BCUT2D eigenvalue weighted by molar-refractivity contribution is -0.125. The van der Waals surface area contributed by atoms with E-state index in [1.807, 2.05) is 16.0 Å². The number of aromatic nitrogens is 2. The zero-order valence-electron chi connectivity index (χ0n) is 11.4. The summed E-state index contributed by atoms with van der Waals surface area (Å²) in [5, 5.41) is 14.3. The number of fused-ring (bicyclic) bond motifs is 1. The van der Waals surface area contributed by atoms with Crippen LogP contribution in [0.3, 0.4) is 0 Å². The highest BCUT2D eigenvalue weighted by Crippen LogP contribution is 2.28. The first-order valence-electron chi connectivity index (χ1n) is 6.76. The van der Waals surface area contributed by atoms with E-state index >= 15 is 0 Å². The molecule has 0 saturated carbocycles. The Morgan fingerprint density at radius 1 is 1.55 bits per heavy atom. The van der Waals surface area contributed by atoms with Crippen LogP contribution < -0.4 is 10.2 Å². The number of nitrogens with one attached hydrogen (secondary N) is 1. The first-order chi connectivity index (χ1) is 9.74. The van der Waals surface area contributed by atoms with Crippen molar-refractivity contribution in [2.75, 3.05) is 25.0 Å². The molecule has 2 N–H and O–H groups in total. The van der Waals surface area contributed by atoms with Crippen LogP contribution in [-0.2, 0) is 11.4 Å². The number of imidazole rings is 1. The maximum absolute atomic E-state index is 11.6. The molecule has 0 unspecified atom stereocenters. The summed E-state index contributed by atoms with van der Waals surface area (Å²) in [5.41, 5.74) is 0.833. The van der Waals surface area contributed by atoms with Gasteiger partial charge in [0.1, 0.15) is 0 Å². The molecule has 108 valence electrons. The molecule has 0 radical (unpaired) electrons. The molecule has 0 spiro atoms. The predicted octanol–water partition coefficient (Wildman–Crippen LogP) is 0.850. The second-order valence-electron chi connectivity index (χ2n) is 4.97. The fraction of sp³-hybridized carbons (Fsp3) is 0.538. The van der Waals surface area contributed by atoms with Crippen molar-refractivity contribution in [3.8, 4) is 0 Å². The number of nitrogens with zero attached hydrogens (tertiary/aromatic N) is 3. The van der Waals surface area contributed by atoms with E-state index in [0.29, 0.717) is 0 Å². The minimum atomic E-state index is -0.0252. The van der Waals surface area contributed by atoms with Gasteiger partial charge < -0.3 is 15.3 Å². The highest BCUT2D eigenvalue weighted by Gasteiger charge is 2.27. The van der Waals surface area contributed by atoms with Gasteiger partial charge in [-0.25, -0.2) is 4.98 Å². The van der Waals surface area contributed by atoms with Crippen LogP contribution in [0.2, 0.25) is 0 Å². The molecule has 6 nitrogen and oxygen atoms in total. The van der Waals surface area contributed by atoms with Gasteiger partial charge in [-0.2, -0.15) is 0 Å². The third-order valence-corrected chi connectivity index (χ3v) is 4.66. The van der Waals surface area contributed by atoms with E-state index in [2.05, 4.69) is 15.2 Å². The number of aliphatic hydroxyl groups excluding tert-OH is 1. The quantitative estimate of drug-likeness (QED) is 0.880. The number of amides is 1. The number of hydrogen-bond acceptors (Lipinski definition) is 5. The summed E-state index contributed by atoms with van der Waals surface area (Å²) < 4.78 is 1.94. The first kappa shape index (κ1) is 13.4. The maximum atomic E-state index is 11.6. The van der Waals surface area contributed by atoms with Gasteiger partial charge in [0.2, 0.25) is 5.91 Å². The van der Waals surface area contributed by atoms with Crippen molar-refractivity contribution in [2.45, 2.75) is 19.4 Å². The Balaban J connectivity index is 1.79. The monoisotopic (exact) mass is 294 g/mol. The van der Waals surface area contributed by atoms with Crippen molar-refractivity contribution >= 4 is 28.0 Å². The van der Waals surface area contributed by atoms with Gasteiger partial charge >= 0.3 is 0 Å². The molecule has 2 aromatic rings. The van der Waals surface area contributed by atoms with E-state index in [1.54, 1.807) is 18.4 Å². The summed E-state index contributed by atoms with van der Waals surface area (Å²) in [5.74, 6) is 1.07. The predicted molar refractivity (Wildman–Crippen MR) is 78.0 cm³/mol. The maximum Gasteiger partial charge on any atom is 0.222 e. The van der Waals surface area contributed by atoms with Gasteiger partial charge in [0.15, 0.2) is 10.8 Å². The molecule has 0 aromatic carbocycles. The van der Waals surface area contributed by atoms with Crippen molar-refractivity contribution in [1.82, 2.24) is 14.7 Å². The van der Waals surface area contributed by atoms with E-state index in [1.165, 1.54) is 0 Å². The zero-order valence-corrected chi connectivity index (χ0v) is 12.2. The highest BCUT2D eigenvalue weighted by molar-refractivity contribution is 7.15. The number of aliphatic hydroxyl groups is 1. The molecular weight excluding hydrogens is 276 g/mol. The molecule has 1 amide bonds. The Bertz CT molecular complexity index is 613. The van der Waals surface area contributed by atoms with E-state index < -0.39 is 0 Å². The largest absolute Gasteiger partial charge is 0.390 e. The fourth-order valence-electron chi connectivity index (χ4n) is 2.78. The van der Waals surface area contributed by atoms with Crippen LogP contribution in [0.1, 0.15) is 18.5 Å². The summed E-state index contributed by atoms with van der Waals surface area (Å²) in [6, 6.07) is 0. The third-order valence-electron chi connectivity index (χ3n) is 3.90. The Morgan fingerprint density at radius 3 is 2.95 bits per heavy atom. The van der Waals surface area contributed by atoms with Crippen molar-refractivity contribution in [1.29, 1.82) is 0 Å². The number of anilines is 1. The Labute approximate surface area is 121 Å². The topological polar surface area (TPSA) is 69.9 Å².